The molecule has 4 rings (SSSR count). The molecule has 0 spiro atoms. The van der Waals surface area contributed by atoms with Crippen molar-refractivity contribution >= 4 is 0 Å². The summed E-state index contributed by atoms with van der Waals surface area (Å²) in [6.45, 7) is 3.64. The first kappa shape index (κ1) is 15.0. The van der Waals surface area contributed by atoms with E-state index in [0.29, 0.717) is 19.8 Å². The number of aromatic amines is 1. The van der Waals surface area contributed by atoms with Gasteiger partial charge < -0.3 is 19.3 Å². The van der Waals surface area contributed by atoms with Gasteiger partial charge in [0.15, 0.2) is 6.23 Å². The third kappa shape index (κ3) is 2.45. The van der Waals surface area contributed by atoms with E-state index >= 15 is 0 Å². The molecule has 3 aliphatic rings. The van der Waals surface area contributed by atoms with Crippen molar-refractivity contribution < 1.29 is 19.3 Å². The van der Waals surface area contributed by atoms with Crippen LogP contribution in [0.5, 0.6) is 0 Å². The maximum atomic E-state index is 12.0. The van der Waals surface area contributed by atoms with Gasteiger partial charge in [-0.15, -0.1) is 0 Å². The number of rotatable bonds is 3. The highest BCUT2D eigenvalue weighted by molar-refractivity contribution is 5.09. The third-order valence-corrected chi connectivity index (χ3v) is 4.73. The predicted octanol–water partition coefficient (Wildman–Crippen LogP) is -2.10. The second kappa shape index (κ2) is 5.53. The Morgan fingerprint density at radius 2 is 2.13 bits per heavy atom. The fraction of sp³-hybridized carbons (Fsp3) is 0.714. The summed E-state index contributed by atoms with van der Waals surface area (Å²) < 4.78 is 18.3. The molecule has 0 amide bonds. The van der Waals surface area contributed by atoms with Gasteiger partial charge in [-0.25, -0.2) is 4.79 Å². The van der Waals surface area contributed by atoms with Crippen LogP contribution in [0.25, 0.3) is 0 Å². The lowest BCUT2D eigenvalue weighted by molar-refractivity contribution is -0.184. The van der Waals surface area contributed by atoms with Crippen LogP contribution in [0.4, 0.5) is 0 Å². The molecule has 0 saturated carbocycles. The zero-order valence-electron chi connectivity index (χ0n) is 12.5. The van der Waals surface area contributed by atoms with E-state index in [1.807, 2.05) is 0 Å². The number of H-pyrrole nitrogens is 1. The Labute approximate surface area is 131 Å². The number of hydrogen-bond donors (Lipinski definition) is 2. The Hall–Kier alpha value is -1.52. The molecule has 1 aromatic rings. The minimum atomic E-state index is -0.859. The van der Waals surface area contributed by atoms with Crippen molar-refractivity contribution in [1.29, 1.82) is 0 Å². The summed E-state index contributed by atoms with van der Waals surface area (Å²) in [7, 11) is 0. The Bertz CT molecular complexity index is 696. The summed E-state index contributed by atoms with van der Waals surface area (Å²) in [6, 6.07) is 1.25. The Kier molecular flexibility index (Phi) is 3.62. The highest BCUT2D eigenvalue weighted by Gasteiger charge is 2.62. The number of hydrogen-bond acceptors (Lipinski definition) is 7. The summed E-state index contributed by atoms with van der Waals surface area (Å²) in [4.78, 5) is 27.5. The molecule has 0 aliphatic carbocycles. The van der Waals surface area contributed by atoms with Crippen molar-refractivity contribution in [1.82, 2.24) is 14.5 Å². The average molecular weight is 325 g/mol. The van der Waals surface area contributed by atoms with Crippen molar-refractivity contribution in [2.75, 3.05) is 39.5 Å². The van der Waals surface area contributed by atoms with Crippen LogP contribution < -0.4 is 11.2 Å². The molecule has 4 atom stereocenters. The van der Waals surface area contributed by atoms with Gasteiger partial charge in [-0.3, -0.25) is 19.2 Å². The normalized spacial score (nSPS) is 37.3. The van der Waals surface area contributed by atoms with Crippen LogP contribution in [0.15, 0.2) is 21.9 Å². The van der Waals surface area contributed by atoms with Gasteiger partial charge in [-0.2, -0.15) is 0 Å². The largest absolute Gasteiger partial charge is 0.387 e. The van der Waals surface area contributed by atoms with Gasteiger partial charge in [-0.1, -0.05) is 0 Å². The first-order valence-electron chi connectivity index (χ1n) is 7.68. The lowest BCUT2D eigenvalue weighted by Gasteiger charge is -2.37. The second-order valence-electron chi connectivity index (χ2n) is 6.20. The van der Waals surface area contributed by atoms with Gasteiger partial charge in [0.25, 0.3) is 5.56 Å². The molecular formula is C14H19N3O6. The Morgan fingerprint density at radius 1 is 1.35 bits per heavy atom. The van der Waals surface area contributed by atoms with E-state index in [1.54, 1.807) is 0 Å². The monoisotopic (exact) mass is 325 g/mol. The number of nitrogens with zero attached hydrogens (tertiary/aromatic N) is 2. The van der Waals surface area contributed by atoms with E-state index < -0.39 is 35.3 Å². The number of aromatic nitrogens is 2. The molecule has 3 saturated heterocycles. The van der Waals surface area contributed by atoms with Crippen LogP contribution in [-0.2, 0) is 14.2 Å². The summed E-state index contributed by atoms with van der Waals surface area (Å²) >= 11 is 0. The fourth-order valence-electron chi connectivity index (χ4n) is 3.52. The molecule has 0 aromatic carbocycles. The zero-order chi connectivity index (χ0) is 16.0. The van der Waals surface area contributed by atoms with E-state index in [9.17, 15) is 14.7 Å². The quantitative estimate of drug-likeness (QED) is 0.655. The van der Waals surface area contributed by atoms with Crippen LogP contribution in [0.2, 0.25) is 0 Å². The lowest BCUT2D eigenvalue weighted by atomic mass is 9.98. The Balaban J connectivity index is 1.59. The molecule has 1 aromatic heterocycles. The van der Waals surface area contributed by atoms with Gasteiger partial charge >= 0.3 is 5.69 Å². The van der Waals surface area contributed by atoms with E-state index in [-0.39, 0.29) is 6.61 Å². The third-order valence-electron chi connectivity index (χ3n) is 4.73. The SMILES string of the molecule is O=c1ccn([C@@H]2O[C@@]3(CN4CCOCC4)COC2C3O)c(=O)[nH]1. The first-order chi connectivity index (χ1) is 11.1. The number of nitrogens with one attached hydrogen (secondary N) is 1. The molecule has 2 bridgehead atoms. The zero-order valence-corrected chi connectivity index (χ0v) is 12.5. The number of aliphatic hydroxyl groups is 1. The van der Waals surface area contributed by atoms with Gasteiger partial charge in [0, 0.05) is 31.9 Å². The number of ether oxygens (including phenoxy) is 3. The number of morpholine rings is 1. The fourth-order valence-corrected chi connectivity index (χ4v) is 3.52. The standard InChI is InChI=1S/C14H19N3O6/c18-9-1-2-17(13(20)15-9)12-10-11(19)14(23-12,8-22-10)7-16-3-5-21-6-4-16/h1-2,10-12,19H,3-8H2,(H,15,18,20)/t10?,11?,12-,14+/m1/s1. The van der Waals surface area contributed by atoms with Crippen molar-refractivity contribution in [3.63, 3.8) is 0 Å². The highest BCUT2D eigenvalue weighted by atomic mass is 16.6. The Morgan fingerprint density at radius 3 is 2.87 bits per heavy atom. The summed E-state index contributed by atoms with van der Waals surface area (Å²) in [6.07, 6.45) is -0.830. The minimum Gasteiger partial charge on any atom is -0.387 e. The summed E-state index contributed by atoms with van der Waals surface area (Å²) in [5, 5.41) is 10.6. The molecule has 9 heteroatoms. The first-order valence-corrected chi connectivity index (χ1v) is 7.68. The molecule has 2 N–H and O–H groups in total. The predicted molar refractivity (Wildman–Crippen MR) is 77.2 cm³/mol. The molecule has 3 aliphatic heterocycles. The molecule has 4 heterocycles. The molecule has 3 fully saturated rings. The molecule has 0 radical (unpaired) electrons. The van der Waals surface area contributed by atoms with Gasteiger partial charge in [0.1, 0.15) is 17.8 Å². The van der Waals surface area contributed by atoms with Crippen LogP contribution >= 0.6 is 0 Å². The smallest absolute Gasteiger partial charge is 0.330 e. The van der Waals surface area contributed by atoms with E-state index in [2.05, 4.69) is 9.88 Å². The van der Waals surface area contributed by atoms with E-state index in [4.69, 9.17) is 14.2 Å². The van der Waals surface area contributed by atoms with Crippen LogP contribution in [0.3, 0.4) is 0 Å². The van der Waals surface area contributed by atoms with Crippen molar-refractivity contribution in [3.8, 4) is 0 Å². The van der Waals surface area contributed by atoms with E-state index in [0.717, 1.165) is 13.1 Å². The van der Waals surface area contributed by atoms with Crippen LogP contribution in [-0.4, -0.2) is 76.8 Å². The summed E-state index contributed by atoms with van der Waals surface area (Å²) in [5.41, 5.74) is -1.91. The van der Waals surface area contributed by atoms with E-state index in [1.165, 1.54) is 16.8 Å². The lowest BCUT2D eigenvalue weighted by Crippen LogP contribution is -2.53. The molecule has 126 valence electrons. The molecule has 9 nitrogen and oxygen atoms in total. The maximum Gasteiger partial charge on any atom is 0.330 e. The number of fused-ring (bicyclic) bond motifs is 2. The van der Waals surface area contributed by atoms with Crippen LogP contribution in [0, 0.1) is 0 Å². The molecular weight excluding hydrogens is 306 g/mol. The van der Waals surface area contributed by atoms with Gasteiger partial charge in [0.05, 0.1) is 19.8 Å². The minimum absolute atomic E-state index is 0.283. The molecule has 2 unspecified atom stereocenters. The highest BCUT2D eigenvalue weighted by Crippen LogP contribution is 2.44. The second-order valence-corrected chi connectivity index (χ2v) is 6.20. The van der Waals surface area contributed by atoms with Crippen molar-refractivity contribution in [3.05, 3.63) is 33.1 Å². The molecule has 23 heavy (non-hydrogen) atoms. The van der Waals surface area contributed by atoms with Gasteiger partial charge in [0.2, 0.25) is 0 Å². The summed E-state index contributed by atoms with van der Waals surface area (Å²) in [5.74, 6) is 0. The maximum absolute atomic E-state index is 12.0. The number of aliphatic hydroxyl groups excluding tert-OH is 1. The van der Waals surface area contributed by atoms with Crippen molar-refractivity contribution in [2.45, 2.75) is 24.0 Å². The van der Waals surface area contributed by atoms with Gasteiger partial charge in [-0.05, 0) is 0 Å². The topological polar surface area (TPSA) is 106 Å². The van der Waals surface area contributed by atoms with Crippen molar-refractivity contribution in [2.24, 2.45) is 0 Å². The average Bonchev–Trinajstić information content (AvgIpc) is 2.98. The van der Waals surface area contributed by atoms with Crippen LogP contribution in [0.1, 0.15) is 6.23 Å².